The van der Waals surface area contributed by atoms with Gasteiger partial charge in [-0.15, -0.1) is 0 Å². The minimum absolute atomic E-state index is 0.0107. The van der Waals surface area contributed by atoms with Gasteiger partial charge in [0.2, 0.25) is 5.91 Å². The fraction of sp³-hybridized carbons (Fsp3) is 0.333. The highest BCUT2D eigenvalue weighted by atomic mass is 16.1. The number of carbonyl (C=O) groups is 2. The van der Waals surface area contributed by atoms with Crippen molar-refractivity contribution in [3.8, 4) is 11.1 Å². The molecule has 132 valence electrons. The van der Waals surface area contributed by atoms with Crippen molar-refractivity contribution in [3.05, 3.63) is 54.1 Å². The van der Waals surface area contributed by atoms with E-state index in [2.05, 4.69) is 5.32 Å². The van der Waals surface area contributed by atoms with Crippen LogP contribution in [0, 0.1) is 0 Å². The first kappa shape index (κ1) is 18.9. The fourth-order valence-electron chi connectivity index (χ4n) is 2.15. The maximum absolute atomic E-state index is 11.7. The van der Waals surface area contributed by atoms with Crippen LogP contribution in [0.2, 0.25) is 0 Å². The Balaban J connectivity index is 0.000000676. The van der Waals surface area contributed by atoms with E-state index in [9.17, 15) is 9.59 Å². The largest absolute Gasteiger partial charge is 0.330 e. The molecule has 0 aliphatic heterocycles. The molecular formula is C21H26N2O2. The topological polar surface area (TPSA) is 72.2 Å². The van der Waals surface area contributed by atoms with Crippen molar-refractivity contribution >= 4 is 17.9 Å². The van der Waals surface area contributed by atoms with E-state index in [-0.39, 0.29) is 5.91 Å². The monoisotopic (exact) mass is 338 g/mol. The van der Waals surface area contributed by atoms with Crippen LogP contribution >= 0.6 is 0 Å². The van der Waals surface area contributed by atoms with Gasteiger partial charge in [0, 0.05) is 17.7 Å². The summed E-state index contributed by atoms with van der Waals surface area (Å²) in [5, 5.41) is 2.87. The van der Waals surface area contributed by atoms with Gasteiger partial charge in [0.25, 0.3) is 0 Å². The Morgan fingerprint density at radius 2 is 1.48 bits per heavy atom. The Morgan fingerprint density at radius 1 is 0.920 bits per heavy atom. The van der Waals surface area contributed by atoms with E-state index in [1.165, 1.54) is 19.3 Å². The number of unbranched alkanes of at least 4 members (excludes halogenated alkanes) is 1. The fourth-order valence-corrected chi connectivity index (χ4v) is 2.15. The minimum Gasteiger partial charge on any atom is -0.330 e. The van der Waals surface area contributed by atoms with Crippen molar-refractivity contribution in [2.45, 2.75) is 38.5 Å². The molecule has 2 aromatic rings. The zero-order valence-electron chi connectivity index (χ0n) is 14.5. The molecule has 2 aromatic carbocycles. The molecule has 25 heavy (non-hydrogen) atoms. The summed E-state index contributed by atoms with van der Waals surface area (Å²) in [4.78, 5) is 22.4. The first-order valence-corrected chi connectivity index (χ1v) is 8.88. The van der Waals surface area contributed by atoms with Gasteiger partial charge in [0.15, 0.2) is 0 Å². The number of rotatable bonds is 7. The number of carbonyl (C=O) groups excluding carboxylic acids is 2. The van der Waals surface area contributed by atoms with E-state index in [4.69, 9.17) is 5.73 Å². The molecule has 3 rings (SSSR count). The van der Waals surface area contributed by atoms with Gasteiger partial charge >= 0.3 is 0 Å². The molecule has 0 atom stereocenters. The van der Waals surface area contributed by atoms with E-state index >= 15 is 0 Å². The SMILES string of the molecule is C1CC1.NCCCCC(=O)Nc1ccc(-c2ccc(C=O)cc2)cc1. The second-order valence-electron chi connectivity index (χ2n) is 6.17. The van der Waals surface area contributed by atoms with Crippen molar-refractivity contribution in [2.24, 2.45) is 5.73 Å². The lowest BCUT2D eigenvalue weighted by molar-refractivity contribution is -0.116. The Labute approximate surface area is 149 Å². The van der Waals surface area contributed by atoms with Crippen molar-refractivity contribution < 1.29 is 9.59 Å². The smallest absolute Gasteiger partial charge is 0.224 e. The molecule has 1 saturated carbocycles. The van der Waals surface area contributed by atoms with Crippen LogP contribution in [0.25, 0.3) is 11.1 Å². The molecule has 0 radical (unpaired) electrons. The first-order valence-electron chi connectivity index (χ1n) is 8.88. The summed E-state index contributed by atoms with van der Waals surface area (Å²) in [7, 11) is 0. The van der Waals surface area contributed by atoms with Crippen LogP contribution in [-0.4, -0.2) is 18.7 Å². The third-order valence-corrected chi connectivity index (χ3v) is 3.76. The van der Waals surface area contributed by atoms with Crippen LogP contribution in [0.4, 0.5) is 5.69 Å². The quantitative estimate of drug-likeness (QED) is 0.580. The first-order chi connectivity index (χ1) is 12.2. The lowest BCUT2D eigenvalue weighted by Crippen LogP contribution is -2.11. The summed E-state index contributed by atoms with van der Waals surface area (Å²) in [6.45, 7) is 0.616. The summed E-state index contributed by atoms with van der Waals surface area (Å²) < 4.78 is 0. The molecule has 1 fully saturated rings. The number of amides is 1. The molecule has 0 spiro atoms. The molecular weight excluding hydrogens is 312 g/mol. The summed E-state index contributed by atoms with van der Waals surface area (Å²) in [6, 6.07) is 15.0. The molecule has 0 bridgehead atoms. The molecule has 3 N–H and O–H groups in total. The number of hydrogen-bond acceptors (Lipinski definition) is 3. The summed E-state index contributed by atoms with van der Waals surface area (Å²) in [5.74, 6) is 0.0107. The summed E-state index contributed by atoms with van der Waals surface area (Å²) >= 11 is 0. The standard InChI is InChI=1S/C18H20N2O2.C3H6/c19-12-2-1-3-18(22)20-17-10-8-16(9-11-17)15-6-4-14(13-21)5-7-15;1-2-3-1/h4-11,13H,1-3,12,19H2,(H,20,22);1-3H2. The highest BCUT2D eigenvalue weighted by molar-refractivity contribution is 5.91. The zero-order chi connectivity index (χ0) is 17.9. The highest BCUT2D eigenvalue weighted by Crippen LogP contribution is 2.21. The van der Waals surface area contributed by atoms with E-state index < -0.39 is 0 Å². The van der Waals surface area contributed by atoms with Gasteiger partial charge in [0.05, 0.1) is 0 Å². The molecule has 4 heteroatoms. The van der Waals surface area contributed by atoms with Crippen LogP contribution in [0.1, 0.15) is 48.9 Å². The van der Waals surface area contributed by atoms with Gasteiger partial charge in [-0.05, 0) is 42.6 Å². The van der Waals surface area contributed by atoms with E-state index in [0.29, 0.717) is 18.5 Å². The average molecular weight is 338 g/mol. The van der Waals surface area contributed by atoms with Crippen LogP contribution in [-0.2, 0) is 4.79 Å². The molecule has 4 nitrogen and oxygen atoms in total. The average Bonchev–Trinajstić information content (AvgIpc) is 3.52. The van der Waals surface area contributed by atoms with Gasteiger partial charge in [-0.25, -0.2) is 0 Å². The van der Waals surface area contributed by atoms with Gasteiger partial charge < -0.3 is 11.1 Å². The molecule has 0 heterocycles. The lowest BCUT2D eigenvalue weighted by atomic mass is 10.0. The van der Waals surface area contributed by atoms with Gasteiger partial charge in [-0.2, -0.15) is 0 Å². The predicted octanol–water partition coefficient (Wildman–Crippen LogP) is 4.40. The number of nitrogens with two attached hydrogens (primary N) is 1. The molecule has 1 amide bonds. The normalized spacial score (nSPS) is 11.9. The Hall–Kier alpha value is -2.46. The van der Waals surface area contributed by atoms with Crippen LogP contribution < -0.4 is 11.1 Å². The Kier molecular flexibility index (Phi) is 7.86. The molecule has 0 unspecified atom stereocenters. The Bertz CT molecular complexity index is 659. The molecule has 0 saturated heterocycles. The van der Waals surface area contributed by atoms with E-state index in [0.717, 1.165) is 35.9 Å². The molecule has 1 aliphatic rings. The van der Waals surface area contributed by atoms with Crippen molar-refractivity contribution in [2.75, 3.05) is 11.9 Å². The third-order valence-electron chi connectivity index (χ3n) is 3.76. The number of anilines is 1. The second kappa shape index (κ2) is 10.4. The van der Waals surface area contributed by atoms with Crippen molar-refractivity contribution in [3.63, 3.8) is 0 Å². The minimum atomic E-state index is 0.0107. The van der Waals surface area contributed by atoms with Crippen molar-refractivity contribution in [1.82, 2.24) is 0 Å². The van der Waals surface area contributed by atoms with Crippen LogP contribution in [0.5, 0.6) is 0 Å². The number of aldehydes is 1. The predicted molar refractivity (Wildman–Crippen MR) is 103 cm³/mol. The van der Waals surface area contributed by atoms with Crippen LogP contribution in [0.3, 0.4) is 0 Å². The van der Waals surface area contributed by atoms with E-state index in [1.54, 1.807) is 12.1 Å². The highest BCUT2D eigenvalue weighted by Gasteiger charge is 2.03. The number of nitrogens with one attached hydrogen (secondary N) is 1. The van der Waals surface area contributed by atoms with Gasteiger partial charge in [-0.3, -0.25) is 9.59 Å². The van der Waals surface area contributed by atoms with Gasteiger partial charge in [0.1, 0.15) is 6.29 Å². The zero-order valence-corrected chi connectivity index (χ0v) is 14.5. The number of benzene rings is 2. The number of hydrogen-bond donors (Lipinski definition) is 2. The summed E-state index contributed by atoms with van der Waals surface area (Å²) in [6.07, 6.45) is 7.49. The maximum atomic E-state index is 11.7. The Morgan fingerprint density at radius 3 is 1.96 bits per heavy atom. The maximum Gasteiger partial charge on any atom is 0.224 e. The molecule has 0 aromatic heterocycles. The lowest BCUT2D eigenvalue weighted by Gasteiger charge is -2.07. The van der Waals surface area contributed by atoms with Gasteiger partial charge in [-0.1, -0.05) is 55.7 Å². The van der Waals surface area contributed by atoms with Crippen LogP contribution in [0.15, 0.2) is 48.5 Å². The third kappa shape index (κ3) is 7.31. The van der Waals surface area contributed by atoms with Crippen molar-refractivity contribution in [1.29, 1.82) is 0 Å². The van der Waals surface area contributed by atoms with E-state index in [1.807, 2.05) is 36.4 Å². The second-order valence-corrected chi connectivity index (χ2v) is 6.17. The summed E-state index contributed by atoms with van der Waals surface area (Å²) in [5.41, 5.74) is 8.92. The molecule has 1 aliphatic carbocycles.